The van der Waals surface area contributed by atoms with Gasteiger partial charge in [-0.25, -0.2) is 0 Å². The Balaban J connectivity index is 1.56. The van der Waals surface area contributed by atoms with Crippen molar-refractivity contribution in [3.63, 3.8) is 0 Å². The number of para-hydroxylation sites is 1. The predicted octanol–water partition coefficient (Wildman–Crippen LogP) is 3.67. The summed E-state index contributed by atoms with van der Waals surface area (Å²) in [6, 6.07) is 14.3. The van der Waals surface area contributed by atoms with Gasteiger partial charge >= 0.3 is 0 Å². The highest BCUT2D eigenvalue weighted by Crippen LogP contribution is 2.27. The van der Waals surface area contributed by atoms with E-state index < -0.39 is 0 Å². The molecule has 1 heterocycles. The third-order valence-corrected chi connectivity index (χ3v) is 3.95. The van der Waals surface area contributed by atoms with Gasteiger partial charge in [0.05, 0.1) is 12.2 Å². The van der Waals surface area contributed by atoms with Crippen LogP contribution < -0.4 is 15.4 Å². The van der Waals surface area contributed by atoms with Crippen molar-refractivity contribution in [2.24, 2.45) is 0 Å². The van der Waals surface area contributed by atoms with Crippen LogP contribution in [0.4, 0.5) is 11.4 Å². The molecule has 0 bridgehead atoms. The topological polar surface area (TPSA) is 106 Å². The van der Waals surface area contributed by atoms with Gasteiger partial charge in [-0.2, -0.15) is 4.98 Å². The molecule has 0 saturated heterocycles. The van der Waals surface area contributed by atoms with Crippen LogP contribution in [-0.2, 0) is 16.0 Å². The number of ether oxygens (including phenoxy) is 1. The zero-order chi connectivity index (χ0) is 20.6. The third-order valence-electron chi connectivity index (χ3n) is 3.95. The first-order valence-corrected chi connectivity index (χ1v) is 9.27. The molecule has 2 N–H and O–H groups in total. The number of hydrogen-bond acceptors (Lipinski definition) is 6. The maximum absolute atomic E-state index is 12.2. The van der Waals surface area contributed by atoms with Crippen LogP contribution in [0.3, 0.4) is 0 Å². The quantitative estimate of drug-likeness (QED) is 0.604. The highest BCUT2D eigenvalue weighted by molar-refractivity contribution is 5.92. The van der Waals surface area contributed by atoms with Crippen LogP contribution in [0.2, 0.25) is 0 Å². The van der Waals surface area contributed by atoms with E-state index in [2.05, 4.69) is 20.8 Å². The SMILES string of the molecule is CCOc1ccccc1-c1noc(CCC(=O)Nc2ccc(NC(C)=O)cc2)n1. The number of rotatable bonds is 8. The number of anilines is 2. The summed E-state index contributed by atoms with van der Waals surface area (Å²) >= 11 is 0. The number of nitrogens with zero attached hydrogens (tertiary/aromatic N) is 2. The van der Waals surface area contributed by atoms with Gasteiger partial charge in [0.15, 0.2) is 0 Å². The Labute approximate surface area is 168 Å². The summed E-state index contributed by atoms with van der Waals surface area (Å²) in [7, 11) is 0. The normalized spacial score (nSPS) is 10.4. The van der Waals surface area contributed by atoms with Crippen molar-refractivity contribution in [2.45, 2.75) is 26.7 Å². The molecule has 0 unspecified atom stereocenters. The maximum Gasteiger partial charge on any atom is 0.227 e. The van der Waals surface area contributed by atoms with Gasteiger partial charge in [-0.3, -0.25) is 9.59 Å². The van der Waals surface area contributed by atoms with Crippen LogP contribution in [0, 0.1) is 0 Å². The molecule has 2 aromatic carbocycles. The molecular weight excluding hydrogens is 372 g/mol. The summed E-state index contributed by atoms with van der Waals surface area (Å²) < 4.78 is 10.9. The summed E-state index contributed by atoms with van der Waals surface area (Å²) in [6.45, 7) is 3.88. The van der Waals surface area contributed by atoms with E-state index in [1.807, 2.05) is 31.2 Å². The number of carbonyl (C=O) groups is 2. The first-order valence-electron chi connectivity index (χ1n) is 9.27. The minimum Gasteiger partial charge on any atom is -0.493 e. The lowest BCUT2D eigenvalue weighted by Gasteiger charge is -2.06. The van der Waals surface area contributed by atoms with Gasteiger partial charge in [0, 0.05) is 31.1 Å². The highest BCUT2D eigenvalue weighted by Gasteiger charge is 2.14. The first kappa shape index (κ1) is 20.1. The average molecular weight is 394 g/mol. The second-order valence-electron chi connectivity index (χ2n) is 6.25. The van der Waals surface area contributed by atoms with Gasteiger partial charge in [-0.15, -0.1) is 0 Å². The Bertz CT molecular complexity index is 982. The number of nitrogens with one attached hydrogen (secondary N) is 2. The second-order valence-corrected chi connectivity index (χ2v) is 6.25. The molecule has 0 radical (unpaired) electrons. The van der Waals surface area contributed by atoms with E-state index in [1.54, 1.807) is 24.3 Å². The van der Waals surface area contributed by atoms with Crippen molar-refractivity contribution in [3.8, 4) is 17.1 Å². The first-order chi connectivity index (χ1) is 14.0. The molecule has 0 saturated carbocycles. The van der Waals surface area contributed by atoms with E-state index in [0.717, 1.165) is 5.56 Å². The van der Waals surface area contributed by atoms with Gasteiger partial charge in [0.2, 0.25) is 23.5 Å². The van der Waals surface area contributed by atoms with Crippen LogP contribution >= 0.6 is 0 Å². The van der Waals surface area contributed by atoms with Crippen LogP contribution in [0.5, 0.6) is 5.75 Å². The molecule has 29 heavy (non-hydrogen) atoms. The van der Waals surface area contributed by atoms with E-state index in [4.69, 9.17) is 9.26 Å². The zero-order valence-electron chi connectivity index (χ0n) is 16.3. The molecule has 0 aliphatic carbocycles. The summed E-state index contributed by atoms with van der Waals surface area (Å²) in [4.78, 5) is 27.6. The molecule has 0 aliphatic rings. The summed E-state index contributed by atoms with van der Waals surface area (Å²) in [5, 5.41) is 9.46. The Morgan fingerprint density at radius 2 is 1.72 bits per heavy atom. The van der Waals surface area contributed by atoms with Crippen molar-refractivity contribution in [1.82, 2.24) is 10.1 Å². The molecule has 0 aliphatic heterocycles. The van der Waals surface area contributed by atoms with E-state index in [1.165, 1.54) is 6.92 Å². The van der Waals surface area contributed by atoms with Crippen molar-refractivity contribution in [1.29, 1.82) is 0 Å². The monoisotopic (exact) mass is 394 g/mol. The molecule has 0 spiro atoms. The fourth-order valence-electron chi connectivity index (χ4n) is 2.68. The lowest BCUT2D eigenvalue weighted by atomic mass is 10.2. The van der Waals surface area contributed by atoms with Crippen molar-refractivity contribution in [2.75, 3.05) is 17.2 Å². The van der Waals surface area contributed by atoms with Crippen LogP contribution in [0.1, 0.15) is 26.2 Å². The van der Waals surface area contributed by atoms with Gasteiger partial charge in [-0.05, 0) is 43.3 Å². The second kappa shape index (κ2) is 9.50. The van der Waals surface area contributed by atoms with Gasteiger partial charge in [0.25, 0.3) is 0 Å². The Hall–Kier alpha value is -3.68. The molecular formula is C21H22N4O4. The van der Waals surface area contributed by atoms with Gasteiger partial charge < -0.3 is 19.9 Å². The Morgan fingerprint density at radius 3 is 2.41 bits per heavy atom. The Morgan fingerprint density at radius 1 is 1.03 bits per heavy atom. The molecule has 2 amide bonds. The minimum atomic E-state index is -0.174. The fourth-order valence-corrected chi connectivity index (χ4v) is 2.68. The molecule has 8 nitrogen and oxygen atoms in total. The molecule has 3 aromatic rings. The summed E-state index contributed by atoms with van der Waals surface area (Å²) in [5.41, 5.74) is 2.05. The molecule has 3 rings (SSSR count). The molecule has 8 heteroatoms. The molecule has 0 fully saturated rings. The molecule has 150 valence electrons. The van der Waals surface area contributed by atoms with Crippen molar-refractivity contribution >= 4 is 23.2 Å². The summed E-state index contributed by atoms with van der Waals surface area (Å²) in [6.07, 6.45) is 0.516. The Kier molecular flexibility index (Phi) is 6.57. The molecule has 1 aromatic heterocycles. The van der Waals surface area contributed by atoms with Crippen molar-refractivity contribution < 1.29 is 18.8 Å². The average Bonchev–Trinajstić information content (AvgIpc) is 3.17. The van der Waals surface area contributed by atoms with Crippen molar-refractivity contribution in [3.05, 3.63) is 54.4 Å². The zero-order valence-corrected chi connectivity index (χ0v) is 16.3. The lowest BCUT2D eigenvalue weighted by Crippen LogP contribution is -2.12. The number of aromatic nitrogens is 2. The van der Waals surface area contributed by atoms with E-state index in [-0.39, 0.29) is 18.2 Å². The number of benzene rings is 2. The van der Waals surface area contributed by atoms with Crippen LogP contribution in [0.25, 0.3) is 11.4 Å². The van der Waals surface area contributed by atoms with Crippen LogP contribution in [-0.4, -0.2) is 28.6 Å². The summed E-state index contributed by atoms with van der Waals surface area (Å²) in [5.74, 6) is 1.17. The van der Waals surface area contributed by atoms with E-state index >= 15 is 0 Å². The minimum absolute atomic E-state index is 0.149. The van der Waals surface area contributed by atoms with E-state index in [0.29, 0.717) is 41.9 Å². The highest BCUT2D eigenvalue weighted by atomic mass is 16.5. The predicted molar refractivity (Wildman–Crippen MR) is 109 cm³/mol. The number of hydrogen-bond donors (Lipinski definition) is 2. The maximum atomic E-state index is 12.2. The fraction of sp³-hybridized carbons (Fsp3) is 0.238. The number of aryl methyl sites for hydroxylation is 1. The smallest absolute Gasteiger partial charge is 0.227 e. The number of carbonyl (C=O) groups excluding carboxylic acids is 2. The van der Waals surface area contributed by atoms with Crippen LogP contribution in [0.15, 0.2) is 53.1 Å². The third kappa shape index (κ3) is 5.65. The van der Waals surface area contributed by atoms with E-state index in [9.17, 15) is 9.59 Å². The van der Waals surface area contributed by atoms with Gasteiger partial charge in [-0.1, -0.05) is 17.3 Å². The standard InChI is InChI=1S/C21H22N4O4/c1-3-28-18-7-5-4-6-17(18)21-24-20(29-25-21)13-12-19(27)23-16-10-8-15(9-11-16)22-14(2)26/h4-11H,3,12-13H2,1-2H3,(H,22,26)(H,23,27). The van der Waals surface area contributed by atoms with Gasteiger partial charge in [0.1, 0.15) is 5.75 Å². The molecule has 0 atom stereocenters. The largest absolute Gasteiger partial charge is 0.493 e. The lowest BCUT2D eigenvalue weighted by molar-refractivity contribution is -0.116. The number of amides is 2.